The minimum atomic E-state index is -0.00261. The molecule has 1 N–H and O–H groups in total. The van der Waals surface area contributed by atoms with E-state index in [2.05, 4.69) is 6.92 Å². The zero-order valence-electron chi connectivity index (χ0n) is 12.2. The van der Waals surface area contributed by atoms with E-state index >= 15 is 0 Å². The van der Waals surface area contributed by atoms with Crippen LogP contribution in [0.25, 0.3) is 0 Å². The topological polar surface area (TPSA) is 20.2 Å². The Kier molecular flexibility index (Phi) is 6.01. The third-order valence-corrected chi connectivity index (χ3v) is 5.58. The van der Waals surface area contributed by atoms with Gasteiger partial charge in [0.25, 0.3) is 0 Å². The van der Waals surface area contributed by atoms with Crippen LogP contribution in [0, 0.1) is 17.8 Å². The molecule has 106 valence electrons. The normalized spacial score (nSPS) is 32.3. The number of aliphatic hydroxyl groups is 1. The van der Waals surface area contributed by atoms with Gasteiger partial charge >= 0.3 is 0 Å². The highest BCUT2D eigenvalue weighted by Crippen LogP contribution is 2.37. The van der Waals surface area contributed by atoms with Crippen molar-refractivity contribution in [3.05, 3.63) is 0 Å². The second-order valence-corrected chi connectivity index (χ2v) is 6.77. The van der Waals surface area contributed by atoms with Crippen LogP contribution in [0.1, 0.15) is 84.0 Å². The lowest BCUT2D eigenvalue weighted by Crippen LogP contribution is -2.31. The fourth-order valence-corrected chi connectivity index (χ4v) is 4.35. The molecular weight excluding hydrogens is 220 g/mol. The summed E-state index contributed by atoms with van der Waals surface area (Å²) in [5.74, 6) is 2.35. The third kappa shape index (κ3) is 3.98. The van der Waals surface area contributed by atoms with Gasteiger partial charge in [-0.25, -0.2) is 0 Å². The fraction of sp³-hybridized carbons (Fsp3) is 1.00. The summed E-state index contributed by atoms with van der Waals surface area (Å²) in [7, 11) is 0. The molecule has 0 heterocycles. The van der Waals surface area contributed by atoms with Gasteiger partial charge in [-0.05, 0) is 37.0 Å². The molecule has 3 unspecified atom stereocenters. The van der Waals surface area contributed by atoms with Crippen LogP contribution in [0.3, 0.4) is 0 Å². The van der Waals surface area contributed by atoms with E-state index in [-0.39, 0.29) is 6.10 Å². The van der Waals surface area contributed by atoms with Crippen molar-refractivity contribution in [1.82, 2.24) is 0 Å². The lowest BCUT2D eigenvalue weighted by molar-refractivity contribution is 0.0343. The maximum absolute atomic E-state index is 10.5. The summed E-state index contributed by atoms with van der Waals surface area (Å²) in [5, 5.41) is 10.5. The monoisotopic (exact) mass is 252 g/mol. The van der Waals surface area contributed by atoms with E-state index < -0.39 is 0 Å². The van der Waals surface area contributed by atoms with Crippen molar-refractivity contribution in [3.8, 4) is 0 Å². The summed E-state index contributed by atoms with van der Waals surface area (Å²) in [6.45, 7) is 2.30. The predicted octanol–water partition coefficient (Wildman–Crippen LogP) is 4.92. The van der Waals surface area contributed by atoms with E-state index in [0.29, 0.717) is 5.92 Å². The molecule has 0 spiro atoms. The molecule has 0 aromatic carbocycles. The average molecular weight is 252 g/mol. The van der Waals surface area contributed by atoms with Gasteiger partial charge in [-0.1, -0.05) is 64.7 Å². The van der Waals surface area contributed by atoms with Crippen molar-refractivity contribution in [1.29, 1.82) is 0 Å². The first-order valence-corrected chi connectivity index (χ1v) is 8.49. The first kappa shape index (κ1) is 14.4. The molecule has 2 fully saturated rings. The number of rotatable bonds is 5. The van der Waals surface area contributed by atoms with E-state index in [1.54, 1.807) is 0 Å². The number of aliphatic hydroxyl groups excluding tert-OH is 1. The van der Waals surface area contributed by atoms with Crippen molar-refractivity contribution in [3.63, 3.8) is 0 Å². The van der Waals surface area contributed by atoms with Crippen LogP contribution in [0.5, 0.6) is 0 Å². The van der Waals surface area contributed by atoms with E-state index in [9.17, 15) is 5.11 Å². The molecule has 2 saturated carbocycles. The van der Waals surface area contributed by atoms with Gasteiger partial charge in [-0.15, -0.1) is 0 Å². The van der Waals surface area contributed by atoms with Gasteiger partial charge in [0.2, 0.25) is 0 Å². The molecule has 1 heteroatoms. The van der Waals surface area contributed by atoms with Crippen LogP contribution in [0.2, 0.25) is 0 Å². The molecule has 2 aliphatic carbocycles. The summed E-state index contributed by atoms with van der Waals surface area (Å²) in [5.41, 5.74) is 0. The van der Waals surface area contributed by atoms with Crippen LogP contribution in [0.15, 0.2) is 0 Å². The fourth-order valence-electron chi connectivity index (χ4n) is 4.35. The Morgan fingerprint density at radius 1 is 0.944 bits per heavy atom. The minimum absolute atomic E-state index is 0.00261. The molecule has 0 radical (unpaired) electrons. The molecule has 2 rings (SSSR count). The van der Waals surface area contributed by atoms with Gasteiger partial charge in [0.05, 0.1) is 6.10 Å². The molecule has 0 aromatic heterocycles. The van der Waals surface area contributed by atoms with Crippen molar-refractivity contribution in [2.45, 2.75) is 90.1 Å². The lowest BCUT2D eigenvalue weighted by atomic mass is 9.73. The SMILES string of the molecule is CCC1CCCCC1C(O)CCC1CCCCC1. The molecule has 0 aliphatic heterocycles. The Morgan fingerprint density at radius 2 is 1.61 bits per heavy atom. The van der Waals surface area contributed by atoms with Crippen molar-refractivity contribution in [2.75, 3.05) is 0 Å². The average Bonchev–Trinajstić information content (AvgIpc) is 2.45. The van der Waals surface area contributed by atoms with Crippen LogP contribution < -0.4 is 0 Å². The Morgan fingerprint density at radius 3 is 2.33 bits per heavy atom. The highest BCUT2D eigenvalue weighted by Gasteiger charge is 2.29. The van der Waals surface area contributed by atoms with Crippen LogP contribution >= 0.6 is 0 Å². The third-order valence-electron chi connectivity index (χ3n) is 5.58. The lowest BCUT2D eigenvalue weighted by Gasteiger charge is -2.35. The molecular formula is C17H32O. The van der Waals surface area contributed by atoms with Crippen molar-refractivity contribution < 1.29 is 5.11 Å². The summed E-state index contributed by atoms with van der Waals surface area (Å²) in [6.07, 6.45) is 16.2. The molecule has 0 aromatic rings. The van der Waals surface area contributed by atoms with Gasteiger partial charge in [-0.3, -0.25) is 0 Å². The van der Waals surface area contributed by atoms with E-state index in [4.69, 9.17) is 0 Å². The molecule has 0 bridgehead atoms. The molecule has 18 heavy (non-hydrogen) atoms. The maximum Gasteiger partial charge on any atom is 0.0571 e. The first-order valence-electron chi connectivity index (χ1n) is 8.49. The standard InChI is InChI=1S/C17H32O/c1-2-15-10-6-7-11-16(15)17(18)13-12-14-8-4-3-5-9-14/h14-18H,2-13H2,1H3. The predicted molar refractivity (Wildman–Crippen MR) is 77.6 cm³/mol. The first-order chi connectivity index (χ1) is 8.81. The molecule has 1 nitrogen and oxygen atoms in total. The zero-order chi connectivity index (χ0) is 12.8. The molecule has 0 amide bonds. The Balaban J connectivity index is 1.73. The van der Waals surface area contributed by atoms with Gasteiger partial charge in [0.15, 0.2) is 0 Å². The quantitative estimate of drug-likeness (QED) is 0.736. The largest absolute Gasteiger partial charge is 0.393 e. The van der Waals surface area contributed by atoms with Gasteiger partial charge in [0, 0.05) is 0 Å². The smallest absolute Gasteiger partial charge is 0.0571 e. The summed E-state index contributed by atoms with van der Waals surface area (Å²) >= 11 is 0. The number of hydrogen-bond acceptors (Lipinski definition) is 1. The summed E-state index contributed by atoms with van der Waals surface area (Å²) in [6, 6.07) is 0. The van der Waals surface area contributed by atoms with Crippen LogP contribution in [0.4, 0.5) is 0 Å². The molecule has 3 atom stereocenters. The second-order valence-electron chi connectivity index (χ2n) is 6.77. The molecule has 2 aliphatic rings. The van der Waals surface area contributed by atoms with Gasteiger partial charge < -0.3 is 5.11 Å². The Bertz CT molecular complexity index is 220. The second kappa shape index (κ2) is 7.53. The zero-order valence-corrected chi connectivity index (χ0v) is 12.2. The highest BCUT2D eigenvalue weighted by molar-refractivity contribution is 4.81. The van der Waals surface area contributed by atoms with Gasteiger partial charge in [0.1, 0.15) is 0 Å². The van der Waals surface area contributed by atoms with E-state index in [1.165, 1.54) is 70.6 Å². The summed E-state index contributed by atoms with van der Waals surface area (Å²) < 4.78 is 0. The van der Waals surface area contributed by atoms with E-state index in [1.807, 2.05) is 0 Å². The Labute approximate surface area is 113 Å². The molecule has 0 saturated heterocycles. The minimum Gasteiger partial charge on any atom is -0.393 e. The number of hydrogen-bond donors (Lipinski definition) is 1. The Hall–Kier alpha value is -0.0400. The van der Waals surface area contributed by atoms with Gasteiger partial charge in [-0.2, -0.15) is 0 Å². The highest BCUT2D eigenvalue weighted by atomic mass is 16.3. The van der Waals surface area contributed by atoms with Crippen LogP contribution in [-0.4, -0.2) is 11.2 Å². The van der Waals surface area contributed by atoms with E-state index in [0.717, 1.165) is 18.3 Å². The summed E-state index contributed by atoms with van der Waals surface area (Å²) in [4.78, 5) is 0. The van der Waals surface area contributed by atoms with Crippen LogP contribution in [-0.2, 0) is 0 Å². The van der Waals surface area contributed by atoms with Crippen molar-refractivity contribution >= 4 is 0 Å². The van der Waals surface area contributed by atoms with Crippen molar-refractivity contribution in [2.24, 2.45) is 17.8 Å². The maximum atomic E-state index is 10.5.